The molecule has 15 heavy (non-hydrogen) atoms. The molecule has 2 fully saturated rings. The monoisotopic (exact) mass is 211 g/mol. The molecule has 2 saturated heterocycles. The van der Waals surface area contributed by atoms with E-state index in [0.717, 1.165) is 32.6 Å². The molecule has 0 amide bonds. The van der Waals surface area contributed by atoms with E-state index in [0.29, 0.717) is 17.9 Å². The summed E-state index contributed by atoms with van der Waals surface area (Å²) in [5.41, 5.74) is 0. The van der Waals surface area contributed by atoms with Crippen molar-refractivity contribution in [3.63, 3.8) is 0 Å². The van der Waals surface area contributed by atoms with E-state index in [1.807, 2.05) is 6.92 Å². The zero-order valence-electron chi connectivity index (χ0n) is 9.58. The molecule has 2 aliphatic rings. The SMILES string of the molecule is CCOCCN1C2CCCC1CC(=O)C2. The molecular weight excluding hydrogens is 190 g/mol. The van der Waals surface area contributed by atoms with Crippen LogP contribution in [0.5, 0.6) is 0 Å². The molecule has 0 aromatic carbocycles. The van der Waals surface area contributed by atoms with Crippen LogP contribution in [0, 0.1) is 0 Å². The van der Waals surface area contributed by atoms with E-state index in [2.05, 4.69) is 4.90 Å². The third-order valence-corrected chi connectivity index (χ3v) is 3.64. The molecule has 2 unspecified atom stereocenters. The molecule has 2 rings (SSSR count). The van der Waals surface area contributed by atoms with E-state index < -0.39 is 0 Å². The Balaban J connectivity index is 1.89. The molecule has 0 aromatic heterocycles. The molecule has 3 nitrogen and oxygen atoms in total. The van der Waals surface area contributed by atoms with Gasteiger partial charge >= 0.3 is 0 Å². The number of hydrogen-bond donors (Lipinski definition) is 0. The van der Waals surface area contributed by atoms with E-state index in [4.69, 9.17) is 4.74 Å². The summed E-state index contributed by atoms with van der Waals surface area (Å²) in [5.74, 6) is 0.470. The van der Waals surface area contributed by atoms with E-state index in [9.17, 15) is 4.79 Å². The Kier molecular flexibility index (Phi) is 3.76. The molecule has 0 radical (unpaired) electrons. The number of fused-ring (bicyclic) bond motifs is 2. The number of carbonyl (C=O) groups is 1. The molecule has 86 valence electrons. The predicted octanol–water partition coefficient (Wildman–Crippen LogP) is 1.61. The van der Waals surface area contributed by atoms with Gasteiger partial charge in [0.1, 0.15) is 5.78 Å². The minimum atomic E-state index is 0.470. The minimum absolute atomic E-state index is 0.470. The summed E-state index contributed by atoms with van der Waals surface area (Å²) in [6.45, 7) is 4.65. The van der Waals surface area contributed by atoms with Gasteiger partial charge in [0.05, 0.1) is 6.61 Å². The van der Waals surface area contributed by atoms with Gasteiger partial charge in [0.2, 0.25) is 0 Å². The number of hydrogen-bond acceptors (Lipinski definition) is 3. The molecule has 0 spiro atoms. The molecule has 3 heteroatoms. The van der Waals surface area contributed by atoms with Crippen LogP contribution in [0.4, 0.5) is 0 Å². The Bertz CT molecular complexity index is 214. The van der Waals surface area contributed by atoms with Gasteiger partial charge in [0, 0.05) is 38.1 Å². The lowest BCUT2D eigenvalue weighted by Crippen LogP contribution is -2.53. The lowest BCUT2D eigenvalue weighted by atomic mass is 9.84. The third-order valence-electron chi connectivity index (χ3n) is 3.64. The highest BCUT2D eigenvalue weighted by Crippen LogP contribution is 2.31. The summed E-state index contributed by atoms with van der Waals surface area (Å²) in [4.78, 5) is 14.0. The highest BCUT2D eigenvalue weighted by molar-refractivity contribution is 5.80. The van der Waals surface area contributed by atoms with Gasteiger partial charge in [-0.05, 0) is 19.8 Å². The van der Waals surface area contributed by atoms with Crippen LogP contribution in [0.25, 0.3) is 0 Å². The first-order valence-electron chi connectivity index (χ1n) is 6.16. The Morgan fingerprint density at radius 2 is 2.00 bits per heavy atom. The van der Waals surface area contributed by atoms with Gasteiger partial charge in [-0.15, -0.1) is 0 Å². The van der Waals surface area contributed by atoms with Gasteiger partial charge in [-0.2, -0.15) is 0 Å². The van der Waals surface area contributed by atoms with Crippen LogP contribution in [0.3, 0.4) is 0 Å². The van der Waals surface area contributed by atoms with E-state index in [-0.39, 0.29) is 0 Å². The number of Topliss-reactive ketones (excluding diaryl/α,β-unsaturated/α-hetero) is 1. The second-order valence-electron chi connectivity index (χ2n) is 4.62. The Morgan fingerprint density at radius 1 is 1.33 bits per heavy atom. The van der Waals surface area contributed by atoms with Gasteiger partial charge in [-0.1, -0.05) is 6.42 Å². The van der Waals surface area contributed by atoms with Crippen LogP contribution in [0.15, 0.2) is 0 Å². The lowest BCUT2D eigenvalue weighted by molar-refractivity contribution is -0.127. The van der Waals surface area contributed by atoms with Gasteiger partial charge < -0.3 is 4.74 Å². The maximum atomic E-state index is 11.5. The molecule has 0 aromatic rings. The molecule has 2 bridgehead atoms. The van der Waals surface area contributed by atoms with E-state index >= 15 is 0 Å². The van der Waals surface area contributed by atoms with Crippen LogP contribution in [-0.4, -0.2) is 42.5 Å². The molecule has 0 N–H and O–H groups in total. The normalized spacial score (nSPS) is 31.9. The highest BCUT2D eigenvalue weighted by Gasteiger charge is 2.36. The molecule has 2 aliphatic heterocycles. The number of carbonyl (C=O) groups excluding carboxylic acids is 1. The Hall–Kier alpha value is -0.410. The number of rotatable bonds is 4. The molecular formula is C12H21NO2. The summed E-state index contributed by atoms with van der Waals surface area (Å²) in [7, 11) is 0. The quantitative estimate of drug-likeness (QED) is 0.662. The first kappa shape index (κ1) is 11.1. The molecule has 2 heterocycles. The van der Waals surface area contributed by atoms with Crippen LogP contribution in [0.2, 0.25) is 0 Å². The standard InChI is InChI=1S/C12H21NO2/c1-2-15-7-6-13-10-4-3-5-11(13)9-12(14)8-10/h10-11H,2-9H2,1H3. The van der Waals surface area contributed by atoms with Crippen molar-refractivity contribution in [2.75, 3.05) is 19.8 Å². The van der Waals surface area contributed by atoms with Gasteiger partial charge in [0.25, 0.3) is 0 Å². The first-order chi connectivity index (χ1) is 7.31. The highest BCUT2D eigenvalue weighted by atomic mass is 16.5. The van der Waals surface area contributed by atoms with Crippen LogP contribution >= 0.6 is 0 Å². The van der Waals surface area contributed by atoms with Crippen molar-refractivity contribution in [2.45, 2.75) is 51.1 Å². The molecule has 0 aliphatic carbocycles. The smallest absolute Gasteiger partial charge is 0.136 e. The van der Waals surface area contributed by atoms with Crippen molar-refractivity contribution in [3.8, 4) is 0 Å². The zero-order chi connectivity index (χ0) is 10.7. The zero-order valence-corrected chi connectivity index (χ0v) is 9.58. The lowest BCUT2D eigenvalue weighted by Gasteiger charge is -2.45. The van der Waals surface area contributed by atoms with Crippen molar-refractivity contribution in [1.29, 1.82) is 0 Å². The molecule has 0 saturated carbocycles. The van der Waals surface area contributed by atoms with Crippen molar-refractivity contribution in [3.05, 3.63) is 0 Å². The fourth-order valence-corrected chi connectivity index (χ4v) is 2.95. The average molecular weight is 211 g/mol. The largest absolute Gasteiger partial charge is 0.380 e. The van der Waals surface area contributed by atoms with E-state index in [1.54, 1.807) is 0 Å². The van der Waals surface area contributed by atoms with Crippen molar-refractivity contribution >= 4 is 5.78 Å². The fourth-order valence-electron chi connectivity index (χ4n) is 2.95. The second-order valence-corrected chi connectivity index (χ2v) is 4.62. The number of ketones is 1. The van der Waals surface area contributed by atoms with Gasteiger partial charge in [-0.25, -0.2) is 0 Å². The van der Waals surface area contributed by atoms with E-state index in [1.165, 1.54) is 19.3 Å². The Labute approximate surface area is 91.8 Å². The van der Waals surface area contributed by atoms with Crippen molar-refractivity contribution < 1.29 is 9.53 Å². The number of ether oxygens (including phenoxy) is 1. The summed E-state index contributed by atoms with van der Waals surface area (Å²) in [5, 5.41) is 0. The van der Waals surface area contributed by atoms with Gasteiger partial charge in [0.15, 0.2) is 0 Å². The van der Waals surface area contributed by atoms with Crippen LogP contribution in [-0.2, 0) is 9.53 Å². The van der Waals surface area contributed by atoms with Crippen molar-refractivity contribution in [1.82, 2.24) is 4.90 Å². The van der Waals surface area contributed by atoms with Crippen LogP contribution < -0.4 is 0 Å². The summed E-state index contributed by atoms with van der Waals surface area (Å²) in [6.07, 6.45) is 5.27. The number of piperidine rings is 2. The van der Waals surface area contributed by atoms with Crippen molar-refractivity contribution in [2.24, 2.45) is 0 Å². The first-order valence-corrected chi connectivity index (χ1v) is 6.16. The summed E-state index contributed by atoms with van der Waals surface area (Å²) < 4.78 is 5.40. The van der Waals surface area contributed by atoms with Gasteiger partial charge in [-0.3, -0.25) is 9.69 Å². The summed E-state index contributed by atoms with van der Waals surface area (Å²) >= 11 is 0. The maximum Gasteiger partial charge on any atom is 0.136 e. The third kappa shape index (κ3) is 2.58. The average Bonchev–Trinajstić information content (AvgIpc) is 2.19. The Morgan fingerprint density at radius 3 is 2.60 bits per heavy atom. The summed E-state index contributed by atoms with van der Waals surface area (Å²) in [6, 6.07) is 1.04. The second kappa shape index (κ2) is 5.08. The maximum absolute atomic E-state index is 11.5. The predicted molar refractivity (Wildman–Crippen MR) is 58.9 cm³/mol. The molecule has 2 atom stereocenters. The van der Waals surface area contributed by atoms with Crippen LogP contribution in [0.1, 0.15) is 39.0 Å². The fraction of sp³-hybridized carbons (Fsp3) is 0.917. The number of nitrogens with zero attached hydrogens (tertiary/aromatic N) is 1. The minimum Gasteiger partial charge on any atom is -0.380 e. The topological polar surface area (TPSA) is 29.5 Å².